The quantitative estimate of drug-likeness (QED) is 0.382. The molecule has 0 fully saturated rings. The van der Waals surface area contributed by atoms with Gasteiger partial charge >= 0.3 is 5.97 Å². The third-order valence-electron chi connectivity index (χ3n) is 5.02. The molecule has 3 rings (SSSR count). The highest BCUT2D eigenvalue weighted by atomic mass is 79.9. The topological polar surface area (TPSA) is 118 Å². The molecule has 0 aliphatic carbocycles. The molecule has 0 saturated heterocycles. The van der Waals surface area contributed by atoms with Gasteiger partial charge in [-0.3, -0.25) is 14.4 Å². The van der Waals surface area contributed by atoms with Crippen LogP contribution in [0.3, 0.4) is 0 Å². The van der Waals surface area contributed by atoms with Gasteiger partial charge in [-0.05, 0) is 37.3 Å². The molecule has 8 nitrogen and oxygen atoms in total. The number of nitriles is 1. The van der Waals surface area contributed by atoms with Crippen molar-refractivity contribution in [2.75, 3.05) is 24.8 Å². The van der Waals surface area contributed by atoms with E-state index in [1.165, 1.54) is 7.11 Å². The fourth-order valence-electron chi connectivity index (χ4n) is 3.55. The summed E-state index contributed by atoms with van der Waals surface area (Å²) in [6, 6.07) is 16.1. The van der Waals surface area contributed by atoms with E-state index in [1.54, 1.807) is 55.5 Å². The molecule has 176 valence electrons. The first kappa shape index (κ1) is 25.3. The summed E-state index contributed by atoms with van der Waals surface area (Å²) in [5, 5.41) is 15.6. The Labute approximate surface area is 209 Å². The zero-order valence-electron chi connectivity index (χ0n) is 18.5. The van der Waals surface area contributed by atoms with Gasteiger partial charge in [0.15, 0.2) is 0 Å². The molecule has 0 spiro atoms. The number of allylic oxidation sites excluding steroid dienone is 1. The number of esters is 1. The van der Waals surface area contributed by atoms with Crippen LogP contribution >= 0.6 is 27.7 Å². The van der Waals surface area contributed by atoms with Crippen molar-refractivity contribution in [3.8, 4) is 11.8 Å². The average molecular weight is 544 g/mol. The number of ether oxygens (including phenoxy) is 2. The van der Waals surface area contributed by atoms with Crippen LogP contribution in [0.1, 0.15) is 18.4 Å². The summed E-state index contributed by atoms with van der Waals surface area (Å²) in [6.07, 6.45) is 0. The molecule has 2 amide bonds. The van der Waals surface area contributed by atoms with Crippen LogP contribution in [0.15, 0.2) is 63.6 Å². The van der Waals surface area contributed by atoms with Crippen LogP contribution in [0.2, 0.25) is 0 Å². The fourth-order valence-corrected chi connectivity index (χ4v) is 4.66. The Kier molecular flexibility index (Phi) is 8.73. The molecule has 34 heavy (non-hydrogen) atoms. The number of anilines is 1. The van der Waals surface area contributed by atoms with Gasteiger partial charge in [-0.15, -0.1) is 0 Å². The van der Waals surface area contributed by atoms with E-state index in [9.17, 15) is 19.6 Å². The first-order valence-corrected chi connectivity index (χ1v) is 12.1. The van der Waals surface area contributed by atoms with Gasteiger partial charge in [-0.2, -0.15) is 5.26 Å². The summed E-state index contributed by atoms with van der Waals surface area (Å²) in [6.45, 7) is 1.73. The second-order valence-corrected chi connectivity index (χ2v) is 9.04. The third-order valence-corrected chi connectivity index (χ3v) is 6.56. The van der Waals surface area contributed by atoms with Gasteiger partial charge in [0.25, 0.3) is 0 Å². The zero-order chi connectivity index (χ0) is 24.7. The van der Waals surface area contributed by atoms with Crippen LogP contribution in [0.4, 0.5) is 5.69 Å². The Bertz CT molecular complexity index is 1160. The molecule has 1 aliphatic heterocycles. The normalized spacial score (nSPS) is 17.4. The van der Waals surface area contributed by atoms with Crippen molar-refractivity contribution in [3.05, 3.63) is 69.2 Å². The fraction of sp³-hybridized carbons (Fsp3) is 0.250. The van der Waals surface area contributed by atoms with E-state index in [0.29, 0.717) is 17.0 Å². The number of amides is 2. The zero-order valence-corrected chi connectivity index (χ0v) is 20.9. The molecular weight excluding hydrogens is 522 g/mol. The molecule has 0 unspecified atom stereocenters. The third kappa shape index (κ3) is 5.79. The summed E-state index contributed by atoms with van der Waals surface area (Å²) >= 11 is 4.35. The van der Waals surface area contributed by atoms with E-state index in [0.717, 1.165) is 16.2 Å². The highest BCUT2D eigenvalue weighted by Gasteiger charge is 2.45. The smallest absolute Gasteiger partial charge is 0.319 e. The minimum absolute atomic E-state index is 0.0560. The monoisotopic (exact) mass is 543 g/mol. The van der Waals surface area contributed by atoms with Crippen molar-refractivity contribution >= 4 is 51.2 Å². The Hall–Kier alpha value is -3.29. The summed E-state index contributed by atoms with van der Waals surface area (Å²) in [5.74, 6) is -3.48. The van der Waals surface area contributed by atoms with Crippen molar-refractivity contribution < 1.29 is 23.9 Å². The number of hydrogen-bond acceptors (Lipinski definition) is 7. The van der Waals surface area contributed by atoms with E-state index < -0.39 is 23.7 Å². The number of methoxy groups -OCH3 is 1. The number of nitrogens with zero attached hydrogens (tertiary/aromatic N) is 1. The van der Waals surface area contributed by atoms with E-state index in [-0.39, 0.29) is 28.9 Å². The maximum atomic E-state index is 13.0. The number of thioether (sulfide) groups is 1. The van der Waals surface area contributed by atoms with E-state index >= 15 is 0 Å². The van der Waals surface area contributed by atoms with E-state index in [2.05, 4.69) is 32.6 Å². The number of rotatable bonds is 8. The van der Waals surface area contributed by atoms with Crippen LogP contribution in [0, 0.1) is 17.2 Å². The summed E-state index contributed by atoms with van der Waals surface area (Å²) in [7, 11) is 1.47. The number of hydrogen-bond donors (Lipinski definition) is 2. The van der Waals surface area contributed by atoms with Crippen LogP contribution in [-0.4, -0.2) is 37.3 Å². The van der Waals surface area contributed by atoms with Gasteiger partial charge in [-0.25, -0.2) is 0 Å². The van der Waals surface area contributed by atoms with Crippen molar-refractivity contribution in [2.45, 2.75) is 12.8 Å². The Morgan fingerprint density at radius 2 is 1.91 bits per heavy atom. The van der Waals surface area contributed by atoms with E-state index in [4.69, 9.17) is 9.47 Å². The van der Waals surface area contributed by atoms with Gasteiger partial charge in [0.05, 0.1) is 36.1 Å². The van der Waals surface area contributed by atoms with E-state index in [1.807, 2.05) is 0 Å². The van der Waals surface area contributed by atoms with Crippen LogP contribution in [-0.2, 0) is 19.1 Å². The molecule has 1 heterocycles. The lowest BCUT2D eigenvalue weighted by molar-refractivity contribution is -0.152. The lowest BCUT2D eigenvalue weighted by atomic mass is 9.78. The Morgan fingerprint density at radius 1 is 1.21 bits per heavy atom. The minimum Gasteiger partial charge on any atom is -0.496 e. The van der Waals surface area contributed by atoms with Crippen LogP contribution in [0.5, 0.6) is 5.75 Å². The molecule has 2 aromatic rings. The predicted molar refractivity (Wildman–Crippen MR) is 132 cm³/mol. The number of carbonyl (C=O) groups excluding carboxylic acids is 3. The van der Waals surface area contributed by atoms with Gasteiger partial charge in [0.2, 0.25) is 11.8 Å². The average Bonchev–Trinajstić information content (AvgIpc) is 2.83. The second-order valence-electron chi connectivity index (χ2n) is 7.14. The number of halogens is 1. The molecule has 0 bridgehead atoms. The van der Waals surface area contributed by atoms with Gasteiger partial charge in [0.1, 0.15) is 11.7 Å². The molecule has 0 saturated carbocycles. The lowest BCUT2D eigenvalue weighted by Crippen LogP contribution is -2.44. The molecule has 0 aromatic heterocycles. The Morgan fingerprint density at radius 3 is 2.56 bits per heavy atom. The van der Waals surface area contributed by atoms with Crippen LogP contribution < -0.4 is 15.4 Å². The molecular formula is C24H22BrN3O5S. The molecule has 10 heteroatoms. The summed E-state index contributed by atoms with van der Waals surface area (Å²) in [4.78, 5) is 38.2. The lowest BCUT2D eigenvalue weighted by Gasteiger charge is -2.31. The highest BCUT2D eigenvalue weighted by Crippen LogP contribution is 2.43. The van der Waals surface area contributed by atoms with Gasteiger partial charge in [0, 0.05) is 21.6 Å². The molecule has 0 radical (unpaired) electrons. The Balaban J connectivity index is 1.93. The standard InChI is InChI=1S/C24H22BrN3O5S/c1-3-33-24(31)21-20(16-6-4-5-7-18(16)32-2)17(12-26)23(28-22(21)30)34-13-19(29)27-15-10-8-14(25)9-11-15/h4-11,20-21H,3,13H2,1-2H3,(H,27,29)(H,28,30)/t20-,21+/m0/s1. The molecule has 2 atom stereocenters. The maximum Gasteiger partial charge on any atom is 0.319 e. The minimum atomic E-state index is -1.27. The van der Waals surface area contributed by atoms with Crippen LogP contribution in [0.25, 0.3) is 0 Å². The second kappa shape index (κ2) is 11.7. The first-order valence-electron chi connectivity index (χ1n) is 10.3. The van der Waals surface area contributed by atoms with Crippen molar-refractivity contribution in [1.29, 1.82) is 5.26 Å². The summed E-state index contributed by atoms with van der Waals surface area (Å²) in [5.41, 5.74) is 1.28. The van der Waals surface area contributed by atoms with Crippen molar-refractivity contribution in [2.24, 2.45) is 5.92 Å². The highest BCUT2D eigenvalue weighted by molar-refractivity contribution is 9.10. The molecule has 1 aliphatic rings. The SMILES string of the molecule is CCOC(=O)[C@H]1C(=O)NC(SCC(=O)Nc2ccc(Br)cc2)=C(C#N)[C@@H]1c1ccccc1OC. The maximum absolute atomic E-state index is 13.0. The van der Waals surface area contributed by atoms with Crippen molar-refractivity contribution in [1.82, 2.24) is 5.32 Å². The van der Waals surface area contributed by atoms with Crippen molar-refractivity contribution in [3.63, 3.8) is 0 Å². The number of para-hydroxylation sites is 1. The molecule has 2 aromatic carbocycles. The number of carbonyl (C=O) groups is 3. The largest absolute Gasteiger partial charge is 0.496 e. The predicted octanol–water partition coefficient (Wildman–Crippen LogP) is 3.96. The first-order chi connectivity index (χ1) is 16.4. The number of nitrogens with one attached hydrogen (secondary N) is 2. The summed E-state index contributed by atoms with van der Waals surface area (Å²) < 4.78 is 11.4. The number of benzene rings is 2. The van der Waals surface area contributed by atoms with Gasteiger partial charge in [-0.1, -0.05) is 45.9 Å². The molecule has 2 N–H and O–H groups in total. The van der Waals surface area contributed by atoms with Gasteiger partial charge < -0.3 is 20.1 Å².